The molecule has 0 bridgehead atoms. The van der Waals surface area contributed by atoms with Gasteiger partial charge in [-0.15, -0.1) is 0 Å². The third-order valence-corrected chi connectivity index (χ3v) is 4.17. The van der Waals surface area contributed by atoms with E-state index >= 15 is 0 Å². The van der Waals surface area contributed by atoms with Crippen LogP contribution in [0.15, 0.2) is 0 Å². The van der Waals surface area contributed by atoms with Crippen LogP contribution in [-0.4, -0.2) is 47.6 Å². The molecule has 0 aromatic rings. The first-order chi connectivity index (χ1) is 8.81. The van der Waals surface area contributed by atoms with Crippen molar-refractivity contribution in [2.45, 2.75) is 46.6 Å². The molecule has 1 aliphatic heterocycles. The maximum atomic E-state index is 12.9. The number of rotatable bonds is 6. The Bertz CT molecular complexity index is 334. The number of carboxylic acid groups (broad SMARTS) is 1. The number of carbonyl (C=O) groups is 2. The highest BCUT2D eigenvalue weighted by atomic mass is 16.4. The van der Waals surface area contributed by atoms with Crippen molar-refractivity contribution in [2.24, 2.45) is 11.3 Å². The van der Waals surface area contributed by atoms with Crippen LogP contribution >= 0.6 is 0 Å². The Balaban J connectivity index is 2.88. The molecule has 1 saturated heterocycles. The summed E-state index contributed by atoms with van der Waals surface area (Å²) >= 11 is 0. The Morgan fingerprint density at radius 2 is 1.95 bits per heavy atom. The van der Waals surface area contributed by atoms with E-state index in [1.54, 1.807) is 4.90 Å². The average Bonchev–Trinajstić information content (AvgIpc) is 2.78. The monoisotopic (exact) mass is 270 g/mol. The van der Waals surface area contributed by atoms with Crippen LogP contribution in [0.2, 0.25) is 0 Å². The van der Waals surface area contributed by atoms with Gasteiger partial charge in [-0.05, 0) is 32.7 Å². The Morgan fingerprint density at radius 1 is 1.32 bits per heavy atom. The quantitative estimate of drug-likeness (QED) is 0.764. The fraction of sp³-hybridized carbons (Fsp3) is 0.857. The second-order valence-electron chi connectivity index (χ2n) is 5.97. The number of nitrogens with zero attached hydrogens (tertiary/aromatic N) is 1. The third-order valence-electron chi connectivity index (χ3n) is 4.17. The second kappa shape index (κ2) is 6.37. The first-order valence-electron chi connectivity index (χ1n) is 7.05. The van der Waals surface area contributed by atoms with Crippen molar-refractivity contribution in [3.05, 3.63) is 0 Å². The van der Waals surface area contributed by atoms with Crippen LogP contribution in [0, 0.1) is 11.3 Å². The van der Waals surface area contributed by atoms with Gasteiger partial charge in [-0.25, -0.2) is 0 Å². The van der Waals surface area contributed by atoms with E-state index in [2.05, 4.69) is 19.2 Å². The number of carbonyl (C=O) groups excluding carboxylic acids is 1. The zero-order chi connectivity index (χ0) is 14.6. The number of aliphatic carboxylic acids is 1. The van der Waals surface area contributed by atoms with Gasteiger partial charge in [0.1, 0.15) is 0 Å². The SMILES string of the molecule is CC(C)N(CCC(=O)O)C(=O)C1(C(C)C)CCNC1. The van der Waals surface area contributed by atoms with Gasteiger partial charge in [0.15, 0.2) is 0 Å². The van der Waals surface area contributed by atoms with Crippen LogP contribution in [0.3, 0.4) is 0 Å². The van der Waals surface area contributed by atoms with Crippen LogP contribution in [-0.2, 0) is 9.59 Å². The maximum Gasteiger partial charge on any atom is 0.305 e. The van der Waals surface area contributed by atoms with E-state index < -0.39 is 5.97 Å². The molecule has 2 N–H and O–H groups in total. The predicted molar refractivity (Wildman–Crippen MR) is 73.9 cm³/mol. The van der Waals surface area contributed by atoms with E-state index in [1.807, 2.05) is 13.8 Å². The minimum atomic E-state index is -0.860. The molecule has 19 heavy (non-hydrogen) atoms. The van der Waals surface area contributed by atoms with Crippen molar-refractivity contribution in [1.82, 2.24) is 10.2 Å². The van der Waals surface area contributed by atoms with Gasteiger partial charge >= 0.3 is 5.97 Å². The molecule has 1 unspecified atom stereocenters. The maximum absolute atomic E-state index is 12.9. The van der Waals surface area contributed by atoms with Crippen molar-refractivity contribution in [3.8, 4) is 0 Å². The van der Waals surface area contributed by atoms with Crippen LogP contribution < -0.4 is 5.32 Å². The van der Waals surface area contributed by atoms with Crippen molar-refractivity contribution in [1.29, 1.82) is 0 Å². The Kier molecular flexibility index (Phi) is 5.35. The van der Waals surface area contributed by atoms with Gasteiger partial charge in [0, 0.05) is 19.1 Å². The highest BCUT2D eigenvalue weighted by Gasteiger charge is 2.46. The number of amides is 1. The van der Waals surface area contributed by atoms with Gasteiger partial charge in [-0.1, -0.05) is 13.8 Å². The lowest BCUT2D eigenvalue weighted by molar-refractivity contribution is -0.147. The Morgan fingerprint density at radius 3 is 2.32 bits per heavy atom. The largest absolute Gasteiger partial charge is 0.481 e. The van der Waals surface area contributed by atoms with Gasteiger partial charge in [0.2, 0.25) is 5.91 Å². The van der Waals surface area contributed by atoms with Crippen molar-refractivity contribution < 1.29 is 14.7 Å². The molecule has 1 heterocycles. The molecule has 1 rings (SSSR count). The fourth-order valence-electron chi connectivity index (χ4n) is 2.73. The summed E-state index contributed by atoms with van der Waals surface area (Å²) < 4.78 is 0. The third kappa shape index (κ3) is 3.47. The van der Waals surface area contributed by atoms with Crippen LogP contribution in [0.4, 0.5) is 0 Å². The summed E-state index contributed by atoms with van der Waals surface area (Å²) in [5, 5.41) is 12.1. The van der Waals surface area contributed by atoms with E-state index in [1.165, 1.54) is 0 Å². The summed E-state index contributed by atoms with van der Waals surface area (Å²) in [7, 11) is 0. The summed E-state index contributed by atoms with van der Waals surface area (Å²) in [6.07, 6.45) is 0.839. The van der Waals surface area contributed by atoms with Crippen molar-refractivity contribution >= 4 is 11.9 Å². The molecule has 0 aliphatic carbocycles. The normalized spacial score (nSPS) is 23.1. The molecule has 0 saturated carbocycles. The van der Waals surface area contributed by atoms with Gasteiger partial charge in [0.05, 0.1) is 11.8 Å². The molecule has 5 heteroatoms. The molecule has 1 atom stereocenters. The van der Waals surface area contributed by atoms with E-state index in [-0.39, 0.29) is 29.7 Å². The highest BCUT2D eigenvalue weighted by Crippen LogP contribution is 2.36. The molecule has 0 aromatic carbocycles. The van der Waals surface area contributed by atoms with E-state index in [0.717, 1.165) is 13.0 Å². The molecule has 0 aromatic heterocycles. The fourth-order valence-corrected chi connectivity index (χ4v) is 2.73. The molecule has 0 spiro atoms. The smallest absolute Gasteiger partial charge is 0.305 e. The minimum Gasteiger partial charge on any atom is -0.481 e. The van der Waals surface area contributed by atoms with E-state index in [4.69, 9.17) is 5.11 Å². The summed E-state index contributed by atoms with van der Waals surface area (Å²) in [5.41, 5.74) is -0.372. The number of carboxylic acids is 1. The Labute approximate surface area is 115 Å². The van der Waals surface area contributed by atoms with Gasteiger partial charge in [-0.2, -0.15) is 0 Å². The standard InChI is InChI=1S/C14H26N2O3/c1-10(2)14(6-7-15-9-14)13(19)16(11(3)4)8-5-12(17)18/h10-11,15H,5-9H2,1-4H3,(H,17,18). The summed E-state index contributed by atoms with van der Waals surface area (Å²) in [5.74, 6) is -0.508. The van der Waals surface area contributed by atoms with E-state index in [9.17, 15) is 9.59 Å². The Hall–Kier alpha value is -1.10. The predicted octanol–water partition coefficient (Wildman–Crippen LogP) is 1.33. The lowest BCUT2D eigenvalue weighted by Crippen LogP contribution is -2.51. The first kappa shape index (κ1) is 16.0. The average molecular weight is 270 g/mol. The number of hydrogen-bond donors (Lipinski definition) is 2. The molecular formula is C14H26N2O3. The molecular weight excluding hydrogens is 244 g/mol. The van der Waals surface area contributed by atoms with Crippen LogP contribution in [0.5, 0.6) is 0 Å². The molecule has 1 amide bonds. The summed E-state index contributed by atoms with van der Waals surface area (Å²) in [6, 6.07) is 0.0306. The van der Waals surface area contributed by atoms with E-state index in [0.29, 0.717) is 13.1 Å². The second-order valence-corrected chi connectivity index (χ2v) is 5.97. The van der Waals surface area contributed by atoms with Crippen molar-refractivity contribution in [2.75, 3.05) is 19.6 Å². The molecule has 1 fully saturated rings. The topological polar surface area (TPSA) is 69.6 Å². The minimum absolute atomic E-state index is 0.00548. The number of hydrogen-bond acceptors (Lipinski definition) is 3. The lowest BCUT2D eigenvalue weighted by Gasteiger charge is -2.38. The highest BCUT2D eigenvalue weighted by molar-refractivity contribution is 5.84. The first-order valence-corrected chi connectivity index (χ1v) is 7.05. The lowest BCUT2D eigenvalue weighted by atomic mass is 9.75. The van der Waals surface area contributed by atoms with Crippen molar-refractivity contribution in [3.63, 3.8) is 0 Å². The summed E-state index contributed by atoms with van der Waals surface area (Å²) in [4.78, 5) is 25.3. The van der Waals surface area contributed by atoms with Gasteiger partial charge in [-0.3, -0.25) is 9.59 Å². The zero-order valence-corrected chi connectivity index (χ0v) is 12.4. The zero-order valence-electron chi connectivity index (χ0n) is 12.4. The molecule has 1 aliphatic rings. The van der Waals surface area contributed by atoms with Gasteiger partial charge in [0.25, 0.3) is 0 Å². The van der Waals surface area contributed by atoms with Crippen LogP contribution in [0.25, 0.3) is 0 Å². The van der Waals surface area contributed by atoms with Crippen LogP contribution in [0.1, 0.15) is 40.5 Å². The molecule has 0 radical (unpaired) electrons. The van der Waals surface area contributed by atoms with Gasteiger partial charge < -0.3 is 15.3 Å². The number of nitrogens with one attached hydrogen (secondary N) is 1. The molecule has 110 valence electrons. The summed E-state index contributed by atoms with van der Waals surface area (Å²) in [6.45, 7) is 9.86. The molecule has 5 nitrogen and oxygen atoms in total.